The molecule has 2 atom stereocenters. The summed E-state index contributed by atoms with van der Waals surface area (Å²) in [6.07, 6.45) is 3.06. The second-order valence-electron chi connectivity index (χ2n) is 7.67. The van der Waals surface area contributed by atoms with Crippen LogP contribution < -0.4 is 10.1 Å². The summed E-state index contributed by atoms with van der Waals surface area (Å²) < 4.78 is 5.84. The Morgan fingerprint density at radius 2 is 1.77 bits per heavy atom. The fourth-order valence-electron chi connectivity index (χ4n) is 3.89. The van der Waals surface area contributed by atoms with Crippen LogP contribution >= 0.6 is 0 Å². The molecule has 1 unspecified atom stereocenters. The fraction of sp³-hybridized carbons (Fsp3) is 0.417. The number of urea groups is 1. The van der Waals surface area contributed by atoms with Crippen LogP contribution in [0.5, 0.6) is 5.75 Å². The SMILES string of the molecule is CCCCC1N(C)C(=O)[C@H](Cc2ccc(OCc3ccccc3)cc2)N1C(=O)NC. The van der Waals surface area contributed by atoms with Crippen molar-refractivity contribution in [2.24, 2.45) is 0 Å². The lowest BCUT2D eigenvalue weighted by molar-refractivity contribution is -0.128. The van der Waals surface area contributed by atoms with E-state index in [0.717, 1.165) is 36.1 Å². The van der Waals surface area contributed by atoms with E-state index >= 15 is 0 Å². The topological polar surface area (TPSA) is 61.9 Å². The summed E-state index contributed by atoms with van der Waals surface area (Å²) in [5, 5.41) is 2.70. The number of ether oxygens (including phenoxy) is 1. The molecule has 0 saturated carbocycles. The van der Waals surface area contributed by atoms with Gasteiger partial charge in [0.25, 0.3) is 0 Å². The number of likely N-dealkylation sites (N-methyl/N-ethyl adjacent to an activating group) is 1. The second kappa shape index (κ2) is 10.1. The van der Waals surface area contributed by atoms with Crippen LogP contribution in [0.4, 0.5) is 4.79 Å². The quantitative estimate of drug-likeness (QED) is 0.721. The molecular formula is C24H31N3O3. The molecule has 6 heteroatoms. The molecule has 0 spiro atoms. The number of rotatable bonds is 8. The molecule has 3 rings (SSSR count). The highest BCUT2D eigenvalue weighted by Crippen LogP contribution is 2.27. The maximum Gasteiger partial charge on any atom is 0.319 e. The molecule has 1 fully saturated rings. The first-order valence-corrected chi connectivity index (χ1v) is 10.6. The van der Waals surface area contributed by atoms with Crippen molar-refractivity contribution in [2.45, 2.75) is 51.4 Å². The van der Waals surface area contributed by atoms with Crippen LogP contribution in [0.3, 0.4) is 0 Å². The van der Waals surface area contributed by atoms with Crippen LogP contribution in [-0.2, 0) is 17.8 Å². The monoisotopic (exact) mass is 409 g/mol. The van der Waals surface area contributed by atoms with Gasteiger partial charge in [-0.05, 0) is 36.1 Å². The molecule has 1 aliphatic rings. The third-order valence-corrected chi connectivity index (χ3v) is 5.60. The van der Waals surface area contributed by atoms with Crippen molar-refractivity contribution in [3.8, 4) is 5.75 Å². The van der Waals surface area contributed by atoms with Crippen LogP contribution in [0.15, 0.2) is 54.6 Å². The number of carbonyl (C=O) groups is 2. The molecule has 1 heterocycles. The Bertz CT molecular complexity index is 839. The van der Waals surface area contributed by atoms with E-state index in [1.165, 1.54) is 0 Å². The van der Waals surface area contributed by atoms with E-state index in [1.54, 1.807) is 23.9 Å². The predicted octanol–water partition coefficient (Wildman–Crippen LogP) is 3.81. The van der Waals surface area contributed by atoms with Gasteiger partial charge in [-0.25, -0.2) is 4.79 Å². The minimum absolute atomic E-state index is 0.0101. The van der Waals surface area contributed by atoms with E-state index in [9.17, 15) is 9.59 Å². The van der Waals surface area contributed by atoms with Gasteiger partial charge in [0.05, 0.1) is 0 Å². The summed E-state index contributed by atoms with van der Waals surface area (Å²) in [6, 6.07) is 17.1. The van der Waals surface area contributed by atoms with Gasteiger partial charge in [0.15, 0.2) is 0 Å². The van der Waals surface area contributed by atoms with Crippen molar-refractivity contribution in [3.63, 3.8) is 0 Å². The van der Waals surface area contributed by atoms with E-state index < -0.39 is 6.04 Å². The highest BCUT2D eigenvalue weighted by Gasteiger charge is 2.45. The molecule has 2 aromatic rings. The van der Waals surface area contributed by atoms with Crippen molar-refractivity contribution < 1.29 is 14.3 Å². The van der Waals surface area contributed by atoms with Crippen molar-refractivity contribution in [1.29, 1.82) is 0 Å². The number of nitrogens with zero attached hydrogens (tertiary/aromatic N) is 2. The van der Waals surface area contributed by atoms with E-state index in [2.05, 4.69) is 12.2 Å². The van der Waals surface area contributed by atoms with Gasteiger partial charge in [0.1, 0.15) is 24.6 Å². The molecular weight excluding hydrogens is 378 g/mol. The number of hydrogen-bond donors (Lipinski definition) is 1. The van der Waals surface area contributed by atoms with Gasteiger partial charge in [-0.1, -0.05) is 55.8 Å². The minimum Gasteiger partial charge on any atom is -0.489 e. The average Bonchev–Trinajstić information content (AvgIpc) is 3.01. The number of nitrogens with one attached hydrogen (secondary N) is 1. The maximum atomic E-state index is 12.9. The summed E-state index contributed by atoms with van der Waals surface area (Å²) >= 11 is 0. The molecule has 30 heavy (non-hydrogen) atoms. The van der Waals surface area contributed by atoms with E-state index in [-0.39, 0.29) is 18.1 Å². The highest BCUT2D eigenvalue weighted by molar-refractivity contribution is 5.90. The van der Waals surface area contributed by atoms with E-state index in [1.807, 2.05) is 54.6 Å². The predicted molar refractivity (Wildman–Crippen MR) is 117 cm³/mol. The normalized spacial score (nSPS) is 18.6. The Labute approximate surface area is 178 Å². The van der Waals surface area contributed by atoms with Gasteiger partial charge >= 0.3 is 6.03 Å². The summed E-state index contributed by atoms with van der Waals surface area (Å²) in [7, 11) is 3.40. The van der Waals surface area contributed by atoms with Gasteiger partial charge in [-0.2, -0.15) is 0 Å². The first-order valence-electron chi connectivity index (χ1n) is 10.6. The maximum absolute atomic E-state index is 12.9. The Kier molecular flexibility index (Phi) is 7.33. The summed E-state index contributed by atoms with van der Waals surface area (Å²) in [4.78, 5) is 28.9. The first kappa shape index (κ1) is 21.7. The summed E-state index contributed by atoms with van der Waals surface area (Å²) in [5.74, 6) is 0.769. The molecule has 3 amide bonds. The van der Waals surface area contributed by atoms with Gasteiger partial charge < -0.3 is 15.0 Å². The molecule has 1 saturated heterocycles. The van der Waals surface area contributed by atoms with Crippen LogP contribution in [0, 0.1) is 0 Å². The third-order valence-electron chi connectivity index (χ3n) is 5.60. The van der Waals surface area contributed by atoms with Gasteiger partial charge in [-0.15, -0.1) is 0 Å². The number of hydrogen-bond acceptors (Lipinski definition) is 3. The summed E-state index contributed by atoms with van der Waals surface area (Å²) in [6.45, 7) is 2.62. The molecule has 1 aliphatic heterocycles. The first-order chi connectivity index (χ1) is 14.5. The lowest BCUT2D eigenvalue weighted by Gasteiger charge is -2.29. The van der Waals surface area contributed by atoms with Crippen LogP contribution in [0.25, 0.3) is 0 Å². The number of benzene rings is 2. The molecule has 2 aromatic carbocycles. The van der Waals surface area contributed by atoms with E-state index in [4.69, 9.17) is 4.74 Å². The van der Waals surface area contributed by atoms with Crippen molar-refractivity contribution in [1.82, 2.24) is 15.1 Å². The second-order valence-corrected chi connectivity index (χ2v) is 7.67. The molecule has 160 valence electrons. The standard InChI is InChI=1S/C24H31N3O3/c1-4-5-11-22-26(3)23(28)21(27(22)24(29)25-2)16-18-12-14-20(15-13-18)30-17-19-9-7-6-8-10-19/h6-10,12-15,21-22H,4-5,11,16-17H2,1-3H3,(H,25,29)/t21-,22?/m0/s1. The van der Waals surface area contributed by atoms with Crippen LogP contribution in [-0.4, -0.2) is 48.0 Å². The lowest BCUT2D eigenvalue weighted by atomic mass is 10.0. The van der Waals surface area contributed by atoms with Gasteiger partial charge in [-0.3, -0.25) is 9.69 Å². The molecule has 0 aliphatic carbocycles. The minimum atomic E-state index is -0.493. The number of carbonyl (C=O) groups excluding carboxylic acids is 2. The fourth-order valence-corrected chi connectivity index (χ4v) is 3.89. The zero-order chi connectivity index (χ0) is 21.5. The average molecular weight is 410 g/mol. The Hall–Kier alpha value is -3.02. The largest absolute Gasteiger partial charge is 0.489 e. The Balaban J connectivity index is 1.68. The molecule has 0 radical (unpaired) electrons. The summed E-state index contributed by atoms with van der Waals surface area (Å²) in [5.41, 5.74) is 2.11. The van der Waals surface area contributed by atoms with Crippen molar-refractivity contribution in [3.05, 3.63) is 65.7 Å². The lowest BCUT2D eigenvalue weighted by Crippen LogP contribution is -2.48. The Morgan fingerprint density at radius 1 is 1.07 bits per heavy atom. The zero-order valence-electron chi connectivity index (χ0n) is 18.0. The molecule has 1 N–H and O–H groups in total. The van der Waals surface area contributed by atoms with Crippen LogP contribution in [0.2, 0.25) is 0 Å². The smallest absolute Gasteiger partial charge is 0.319 e. The van der Waals surface area contributed by atoms with E-state index in [0.29, 0.717) is 13.0 Å². The highest BCUT2D eigenvalue weighted by atomic mass is 16.5. The number of amides is 3. The van der Waals surface area contributed by atoms with Crippen molar-refractivity contribution >= 4 is 11.9 Å². The zero-order valence-corrected chi connectivity index (χ0v) is 18.0. The molecule has 6 nitrogen and oxygen atoms in total. The third kappa shape index (κ3) is 4.93. The molecule has 0 bridgehead atoms. The van der Waals surface area contributed by atoms with Crippen molar-refractivity contribution in [2.75, 3.05) is 14.1 Å². The van der Waals surface area contributed by atoms with Crippen LogP contribution in [0.1, 0.15) is 37.3 Å². The Morgan fingerprint density at radius 3 is 2.40 bits per heavy atom. The van der Waals surface area contributed by atoms with Gasteiger partial charge in [0.2, 0.25) is 5.91 Å². The number of unbranched alkanes of at least 4 members (excludes halogenated alkanes) is 1. The van der Waals surface area contributed by atoms with Gasteiger partial charge in [0, 0.05) is 20.5 Å². The molecule has 0 aromatic heterocycles.